The van der Waals surface area contributed by atoms with Gasteiger partial charge in [-0.25, -0.2) is 0 Å². The standard InChI is InChI=1S/C7H7F2IN2O/c8-7(9)13-6-3-4(12-11)1-2-5(6)10/h1-3,7,12H,11H2. The van der Waals surface area contributed by atoms with Crippen LogP contribution < -0.4 is 16.0 Å². The largest absolute Gasteiger partial charge is 0.434 e. The van der Waals surface area contributed by atoms with Crippen LogP contribution in [0, 0.1) is 3.57 Å². The van der Waals surface area contributed by atoms with Gasteiger partial charge < -0.3 is 10.2 Å². The molecule has 0 saturated carbocycles. The van der Waals surface area contributed by atoms with Gasteiger partial charge >= 0.3 is 6.61 Å². The molecule has 6 heteroatoms. The van der Waals surface area contributed by atoms with Gasteiger partial charge in [0.05, 0.1) is 9.26 Å². The fourth-order valence-corrected chi connectivity index (χ4v) is 1.24. The molecule has 0 heterocycles. The van der Waals surface area contributed by atoms with Gasteiger partial charge in [-0.05, 0) is 34.7 Å². The molecule has 0 fully saturated rings. The van der Waals surface area contributed by atoms with Gasteiger partial charge in [-0.2, -0.15) is 8.78 Å². The van der Waals surface area contributed by atoms with Crippen molar-refractivity contribution in [1.82, 2.24) is 0 Å². The van der Waals surface area contributed by atoms with Crippen molar-refractivity contribution < 1.29 is 13.5 Å². The van der Waals surface area contributed by atoms with E-state index in [0.717, 1.165) is 0 Å². The third kappa shape index (κ3) is 2.96. The van der Waals surface area contributed by atoms with Gasteiger partial charge in [0, 0.05) is 6.07 Å². The first kappa shape index (κ1) is 10.5. The molecule has 0 amide bonds. The van der Waals surface area contributed by atoms with Crippen LogP contribution in [-0.4, -0.2) is 6.61 Å². The minimum atomic E-state index is -2.82. The summed E-state index contributed by atoms with van der Waals surface area (Å²) in [6.07, 6.45) is 0. The quantitative estimate of drug-likeness (QED) is 0.511. The molecule has 0 radical (unpaired) electrons. The first-order chi connectivity index (χ1) is 6.13. The Hall–Kier alpha value is -0.630. The fraction of sp³-hybridized carbons (Fsp3) is 0.143. The SMILES string of the molecule is NNc1ccc(I)c(OC(F)F)c1. The summed E-state index contributed by atoms with van der Waals surface area (Å²) >= 11 is 1.90. The molecule has 3 nitrogen and oxygen atoms in total. The molecular weight excluding hydrogens is 293 g/mol. The van der Waals surface area contributed by atoms with E-state index in [1.165, 1.54) is 6.07 Å². The van der Waals surface area contributed by atoms with E-state index in [1.54, 1.807) is 12.1 Å². The summed E-state index contributed by atoms with van der Waals surface area (Å²) in [6, 6.07) is 4.71. The maximum atomic E-state index is 11.9. The Morgan fingerprint density at radius 2 is 2.15 bits per heavy atom. The molecule has 3 N–H and O–H groups in total. The van der Waals surface area contributed by atoms with E-state index in [0.29, 0.717) is 9.26 Å². The maximum Gasteiger partial charge on any atom is 0.387 e. The lowest BCUT2D eigenvalue weighted by atomic mass is 10.3. The molecular formula is C7H7F2IN2O. The molecule has 13 heavy (non-hydrogen) atoms. The lowest BCUT2D eigenvalue weighted by Crippen LogP contribution is -2.08. The van der Waals surface area contributed by atoms with Crippen molar-refractivity contribution in [3.63, 3.8) is 0 Å². The van der Waals surface area contributed by atoms with E-state index in [4.69, 9.17) is 5.84 Å². The average molecular weight is 300 g/mol. The zero-order valence-electron chi connectivity index (χ0n) is 6.43. The van der Waals surface area contributed by atoms with E-state index >= 15 is 0 Å². The van der Waals surface area contributed by atoms with E-state index in [2.05, 4.69) is 10.2 Å². The van der Waals surface area contributed by atoms with Gasteiger partial charge in [0.15, 0.2) is 0 Å². The van der Waals surface area contributed by atoms with E-state index in [-0.39, 0.29) is 5.75 Å². The van der Waals surface area contributed by atoms with Crippen LogP contribution in [0.15, 0.2) is 18.2 Å². The molecule has 0 aliphatic rings. The number of rotatable bonds is 3. The lowest BCUT2D eigenvalue weighted by Gasteiger charge is -2.08. The van der Waals surface area contributed by atoms with Gasteiger partial charge in [-0.3, -0.25) is 5.84 Å². The number of hydrogen-bond donors (Lipinski definition) is 2. The highest BCUT2D eigenvalue weighted by Gasteiger charge is 2.08. The number of halogens is 3. The molecule has 1 rings (SSSR count). The van der Waals surface area contributed by atoms with E-state index in [9.17, 15) is 8.78 Å². The van der Waals surface area contributed by atoms with Crippen LogP contribution in [0.5, 0.6) is 5.75 Å². The Balaban J connectivity index is 2.90. The zero-order chi connectivity index (χ0) is 9.84. The Labute approximate surface area is 87.4 Å². The molecule has 1 aromatic rings. The summed E-state index contributed by atoms with van der Waals surface area (Å²) in [4.78, 5) is 0. The highest BCUT2D eigenvalue weighted by atomic mass is 127. The van der Waals surface area contributed by atoms with Gasteiger partial charge in [0.1, 0.15) is 5.75 Å². The third-order valence-corrected chi connectivity index (χ3v) is 2.21. The van der Waals surface area contributed by atoms with E-state index < -0.39 is 6.61 Å². The third-order valence-electron chi connectivity index (χ3n) is 1.31. The predicted octanol–water partition coefficient (Wildman–Crippen LogP) is 2.18. The van der Waals surface area contributed by atoms with Crippen LogP contribution >= 0.6 is 22.6 Å². The van der Waals surface area contributed by atoms with Crippen LogP contribution in [0.3, 0.4) is 0 Å². The van der Waals surface area contributed by atoms with Crippen LogP contribution in [0.1, 0.15) is 0 Å². The van der Waals surface area contributed by atoms with Gasteiger partial charge in [0.25, 0.3) is 0 Å². The normalized spacial score (nSPS) is 10.2. The predicted molar refractivity (Wildman–Crippen MR) is 53.6 cm³/mol. The minimum absolute atomic E-state index is 0.117. The molecule has 1 aromatic carbocycles. The Morgan fingerprint density at radius 1 is 1.46 bits per heavy atom. The number of anilines is 1. The number of nitrogens with one attached hydrogen (secondary N) is 1. The first-order valence-electron chi connectivity index (χ1n) is 3.34. The Bertz CT molecular complexity index is 296. The second-order valence-corrected chi connectivity index (χ2v) is 3.33. The molecule has 0 unspecified atom stereocenters. The molecule has 0 atom stereocenters. The number of hydrogen-bond acceptors (Lipinski definition) is 3. The maximum absolute atomic E-state index is 11.9. The summed E-state index contributed by atoms with van der Waals surface area (Å²) in [7, 11) is 0. The van der Waals surface area contributed by atoms with Crippen LogP contribution in [0.4, 0.5) is 14.5 Å². The number of hydrazine groups is 1. The summed E-state index contributed by atoms with van der Waals surface area (Å²) < 4.78 is 28.6. The smallest absolute Gasteiger partial charge is 0.387 e. The first-order valence-corrected chi connectivity index (χ1v) is 4.42. The van der Waals surface area contributed by atoms with Crippen molar-refractivity contribution in [3.8, 4) is 5.75 Å². The molecule has 0 bridgehead atoms. The van der Waals surface area contributed by atoms with Crippen molar-refractivity contribution in [2.75, 3.05) is 5.43 Å². The summed E-state index contributed by atoms with van der Waals surface area (Å²) in [5, 5.41) is 0. The van der Waals surface area contributed by atoms with Crippen molar-refractivity contribution in [2.24, 2.45) is 5.84 Å². The molecule has 0 aromatic heterocycles. The molecule has 0 saturated heterocycles. The summed E-state index contributed by atoms with van der Waals surface area (Å²) in [5.74, 6) is 5.22. The zero-order valence-corrected chi connectivity index (χ0v) is 8.59. The summed E-state index contributed by atoms with van der Waals surface area (Å²) in [5.41, 5.74) is 2.86. The number of alkyl halides is 2. The van der Waals surface area contributed by atoms with Gasteiger partial charge in [-0.15, -0.1) is 0 Å². The summed E-state index contributed by atoms with van der Waals surface area (Å²) in [6.45, 7) is -2.82. The second kappa shape index (κ2) is 4.56. The number of nitrogens with two attached hydrogens (primary N) is 1. The molecule has 0 aliphatic heterocycles. The molecule has 0 aliphatic carbocycles. The number of benzene rings is 1. The topological polar surface area (TPSA) is 47.3 Å². The van der Waals surface area contributed by atoms with Crippen molar-refractivity contribution >= 4 is 28.3 Å². The van der Waals surface area contributed by atoms with E-state index in [1.807, 2.05) is 22.6 Å². The van der Waals surface area contributed by atoms with Crippen molar-refractivity contribution in [1.29, 1.82) is 0 Å². The fourth-order valence-electron chi connectivity index (χ4n) is 0.779. The van der Waals surface area contributed by atoms with Crippen LogP contribution in [0.25, 0.3) is 0 Å². The van der Waals surface area contributed by atoms with Gasteiger partial charge in [-0.1, -0.05) is 0 Å². The van der Waals surface area contributed by atoms with Crippen molar-refractivity contribution in [2.45, 2.75) is 6.61 Å². The molecule has 0 spiro atoms. The van der Waals surface area contributed by atoms with Crippen LogP contribution in [-0.2, 0) is 0 Å². The Morgan fingerprint density at radius 3 is 2.69 bits per heavy atom. The Kier molecular flexibility index (Phi) is 3.67. The van der Waals surface area contributed by atoms with Crippen LogP contribution in [0.2, 0.25) is 0 Å². The average Bonchev–Trinajstić information content (AvgIpc) is 2.08. The van der Waals surface area contributed by atoms with Gasteiger partial charge in [0.2, 0.25) is 0 Å². The van der Waals surface area contributed by atoms with Crippen molar-refractivity contribution in [3.05, 3.63) is 21.8 Å². The second-order valence-electron chi connectivity index (χ2n) is 2.17. The lowest BCUT2D eigenvalue weighted by molar-refractivity contribution is -0.0503. The highest BCUT2D eigenvalue weighted by molar-refractivity contribution is 14.1. The monoisotopic (exact) mass is 300 g/mol. The number of ether oxygens (including phenoxy) is 1. The molecule has 72 valence electrons. The highest BCUT2D eigenvalue weighted by Crippen LogP contribution is 2.25. The minimum Gasteiger partial charge on any atom is -0.434 e. The number of nitrogen functional groups attached to an aromatic ring is 1.